The largest absolute Gasteiger partial charge is 0.496 e. The number of methoxy groups -OCH3 is 1. The van der Waals surface area contributed by atoms with Crippen LogP contribution in [0.3, 0.4) is 0 Å². The first-order valence-electron chi connectivity index (χ1n) is 6.13. The van der Waals surface area contributed by atoms with Crippen molar-refractivity contribution in [3.05, 3.63) is 33.6 Å². The first-order chi connectivity index (χ1) is 9.67. The molecule has 0 saturated carbocycles. The Balaban J connectivity index is 2.45. The molecule has 0 spiro atoms. The van der Waals surface area contributed by atoms with Crippen molar-refractivity contribution in [2.75, 3.05) is 23.0 Å². The Kier molecular flexibility index (Phi) is 6.10. The maximum Gasteiger partial charge on any atom is 0.339 e. The molecule has 1 saturated heterocycles. The molecule has 1 N–H and O–H groups in total. The maximum atomic E-state index is 11.3. The Bertz CT molecular complexity index is 535. The number of aromatic carboxylic acids is 1. The van der Waals surface area contributed by atoms with E-state index in [1.807, 2.05) is 29.6 Å². The van der Waals surface area contributed by atoms with E-state index in [1.54, 1.807) is 12.1 Å². The summed E-state index contributed by atoms with van der Waals surface area (Å²) in [7, 11) is 1.49. The number of halogens is 1. The Morgan fingerprint density at radius 2 is 2.10 bits per heavy atom. The minimum absolute atomic E-state index is 0.221. The molecule has 1 aromatic rings. The second kappa shape index (κ2) is 7.61. The molecule has 108 valence electrons. The summed E-state index contributed by atoms with van der Waals surface area (Å²) in [6.45, 7) is 0. The molecule has 6 heteroatoms. The molecule has 1 fully saturated rings. The van der Waals surface area contributed by atoms with Crippen LogP contribution in [0.15, 0.2) is 22.4 Å². The summed E-state index contributed by atoms with van der Waals surface area (Å²) in [6.07, 6.45) is 1.23. The highest BCUT2D eigenvalue weighted by Gasteiger charge is 2.17. The van der Waals surface area contributed by atoms with Gasteiger partial charge >= 0.3 is 5.97 Å². The highest BCUT2D eigenvalue weighted by molar-refractivity contribution is 14.1. The standard InChI is InChI=1S/C14H15IO3S2/c1-18-12-4-3-9(7-10(12)13(16)17)11(8-15)14-19-5-2-6-20-14/h3-4,7H,2,5-6,8H2,1H3,(H,16,17). The van der Waals surface area contributed by atoms with Crippen molar-refractivity contribution in [3.8, 4) is 5.75 Å². The van der Waals surface area contributed by atoms with Crippen LogP contribution in [0.2, 0.25) is 0 Å². The van der Waals surface area contributed by atoms with Gasteiger partial charge in [0.1, 0.15) is 11.3 Å². The average molecular weight is 422 g/mol. The Labute approximate surface area is 140 Å². The van der Waals surface area contributed by atoms with Gasteiger partial charge in [0.15, 0.2) is 0 Å². The molecule has 20 heavy (non-hydrogen) atoms. The normalized spacial score (nSPS) is 15.0. The van der Waals surface area contributed by atoms with Crippen molar-refractivity contribution in [3.63, 3.8) is 0 Å². The Hall–Kier alpha value is -0.340. The highest BCUT2D eigenvalue weighted by atomic mass is 127. The van der Waals surface area contributed by atoms with Gasteiger partial charge in [0.2, 0.25) is 0 Å². The molecule has 0 radical (unpaired) electrons. The molecule has 1 aliphatic rings. The third-order valence-electron chi connectivity index (χ3n) is 2.91. The molecule has 0 aliphatic carbocycles. The van der Waals surface area contributed by atoms with Gasteiger partial charge in [0.25, 0.3) is 0 Å². The number of benzene rings is 1. The number of thioether (sulfide) groups is 2. The molecule has 0 aromatic heterocycles. The summed E-state index contributed by atoms with van der Waals surface area (Å²) < 4.78 is 7.31. The quantitative estimate of drug-likeness (QED) is 0.577. The molecule has 1 aliphatic heterocycles. The van der Waals surface area contributed by atoms with Gasteiger partial charge in [0, 0.05) is 8.66 Å². The summed E-state index contributed by atoms with van der Waals surface area (Å²) >= 11 is 6.09. The molecule has 0 bridgehead atoms. The van der Waals surface area contributed by atoms with Crippen LogP contribution in [0.25, 0.3) is 5.57 Å². The Morgan fingerprint density at radius 3 is 2.65 bits per heavy atom. The lowest BCUT2D eigenvalue weighted by Gasteiger charge is -2.18. The van der Waals surface area contributed by atoms with Gasteiger partial charge in [-0.2, -0.15) is 0 Å². The van der Waals surface area contributed by atoms with E-state index < -0.39 is 5.97 Å². The predicted molar refractivity (Wildman–Crippen MR) is 95.3 cm³/mol. The van der Waals surface area contributed by atoms with Crippen LogP contribution < -0.4 is 4.74 Å². The van der Waals surface area contributed by atoms with E-state index in [0.717, 1.165) is 21.5 Å². The van der Waals surface area contributed by atoms with Crippen LogP contribution in [0.5, 0.6) is 5.75 Å². The van der Waals surface area contributed by atoms with Gasteiger partial charge in [-0.1, -0.05) is 28.7 Å². The van der Waals surface area contributed by atoms with Crippen LogP contribution in [-0.2, 0) is 0 Å². The summed E-state index contributed by atoms with van der Waals surface area (Å²) in [5.74, 6) is 1.74. The molecule has 1 aromatic carbocycles. The third kappa shape index (κ3) is 3.65. The molecule has 1 heterocycles. The third-order valence-corrected chi connectivity index (χ3v) is 6.39. The molecule has 2 rings (SSSR count). The second-order valence-electron chi connectivity index (χ2n) is 4.17. The summed E-state index contributed by atoms with van der Waals surface area (Å²) in [4.78, 5) is 11.3. The maximum absolute atomic E-state index is 11.3. The summed E-state index contributed by atoms with van der Waals surface area (Å²) in [6, 6.07) is 5.41. The molecule has 3 nitrogen and oxygen atoms in total. The van der Waals surface area contributed by atoms with Crippen LogP contribution in [0, 0.1) is 0 Å². The van der Waals surface area contributed by atoms with E-state index >= 15 is 0 Å². The van der Waals surface area contributed by atoms with E-state index in [9.17, 15) is 9.90 Å². The van der Waals surface area contributed by atoms with Crippen molar-refractivity contribution in [2.45, 2.75) is 6.42 Å². The zero-order valence-electron chi connectivity index (χ0n) is 11.0. The zero-order chi connectivity index (χ0) is 14.5. The van der Waals surface area contributed by atoms with Crippen molar-refractivity contribution < 1.29 is 14.6 Å². The van der Waals surface area contributed by atoms with Gasteiger partial charge in [-0.3, -0.25) is 0 Å². The topological polar surface area (TPSA) is 46.5 Å². The minimum atomic E-state index is -0.953. The number of ether oxygens (including phenoxy) is 1. The van der Waals surface area contributed by atoms with Crippen molar-refractivity contribution in [1.82, 2.24) is 0 Å². The molecular weight excluding hydrogens is 407 g/mol. The first-order valence-corrected chi connectivity index (χ1v) is 9.63. The van der Waals surface area contributed by atoms with E-state index in [0.29, 0.717) is 5.75 Å². The van der Waals surface area contributed by atoms with Gasteiger partial charge in [-0.15, -0.1) is 23.5 Å². The minimum Gasteiger partial charge on any atom is -0.496 e. The number of alkyl halides is 1. The van der Waals surface area contributed by atoms with E-state index in [2.05, 4.69) is 22.6 Å². The number of carbonyl (C=O) groups is 1. The number of allylic oxidation sites excluding steroid dienone is 1. The van der Waals surface area contributed by atoms with E-state index in [4.69, 9.17) is 4.74 Å². The molecule has 0 unspecified atom stereocenters. The Morgan fingerprint density at radius 1 is 1.40 bits per heavy atom. The van der Waals surface area contributed by atoms with E-state index in [-0.39, 0.29) is 5.56 Å². The van der Waals surface area contributed by atoms with Crippen molar-refractivity contribution in [2.24, 2.45) is 0 Å². The molecule has 0 amide bonds. The van der Waals surface area contributed by atoms with Crippen LogP contribution in [0.1, 0.15) is 22.3 Å². The first kappa shape index (κ1) is 16.0. The lowest BCUT2D eigenvalue weighted by molar-refractivity contribution is 0.0693. The average Bonchev–Trinajstić information content (AvgIpc) is 2.49. The van der Waals surface area contributed by atoms with Gasteiger partial charge in [0.05, 0.1) is 7.11 Å². The van der Waals surface area contributed by atoms with Gasteiger partial charge < -0.3 is 9.84 Å². The van der Waals surface area contributed by atoms with E-state index in [1.165, 1.54) is 23.3 Å². The predicted octanol–water partition coefficient (Wildman–Crippen LogP) is 4.37. The summed E-state index contributed by atoms with van der Waals surface area (Å²) in [5.41, 5.74) is 2.43. The second-order valence-corrected chi connectivity index (χ2v) is 7.40. The lowest BCUT2D eigenvalue weighted by Crippen LogP contribution is -2.03. The van der Waals surface area contributed by atoms with Crippen molar-refractivity contribution >= 4 is 57.7 Å². The smallest absolute Gasteiger partial charge is 0.339 e. The zero-order valence-corrected chi connectivity index (χ0v) is 14.8. The monoisotopic (exact) mass is 422 g/mol. The fourth-order valence-electron chi connectivity index (χ4n) is 1.92. The fourth-order valence-corrected chi connectivity index (χ4v) is 5.95. The fraction of sp³-hybridized carbons (Fsp3) is 0.357. The molecular formula is C14H15IO3S2. The van der Waals surface area contributed by atoms with Gasteiger partial charge in [-0.05, 0) is 41.2 Å². The number of carboxylic acid groups (broad SMARTS) is 1. The molecule has 0 atom stereocenters. The van der Waals surface area contributed by atoms with Crippen LogP contribution >= 0.6 is 46.1 Å². The van der Waals surface area contributed by atoms with Crippen LogP contribution in [-0.4, -0.2) is 34.1 Å². The SMILES string of the molecule is COc1ccc(C(CI)=C2SCCCS2)cc1C(=O)O. The number of rotatable bonds is 4. The van der Waals surface area contributed by atoms with Crippen LogP contribution in [0.4, 0.5) is 0 Å². The number of carboxylic acids is 1. The number of hydrogen-bond donors (Lipinski definition) is 1. The summed E-state index contributed by atoms with van der Waals surface area (Å²) in [5, 5.41) is 9.28. The highest BCUT2D eigenvalue weighted by Crippen LogP contribution is 2.41. The van der Waals surface area contributed by atoms with Gasteiger partial charge in [-0.25, -0.2) is 4.79 Å². The lowest BCUT2D eigenvalue weighted by atomic mass is 10.0. The number of hydrogen-bond acceptors (Lipinski definition) is 4. The van der Waals surface area contributed by atoms with Crippen molar-refractivity contribution in [1.29, 1.82) is 0 Å².